The number of benzene rings is 1. The molecule has 2 rings (SSSR count). The molecule has 0 unspecified atom stereocenters. The normalized spacial score (nSPS) is 10.8. The van der Waals surface area contributed by atoms with E-state index in [4.69, 9.17) is 11.6 Å². The van der Waals surface area contributed by atoms with Crippen LogP contribution < -0.4 is 28.8 Å². The summed E-state index contributed by atoms with van der Waals surface area (Å²) in [4.78, 5) is 17.9. The average molecular weight is 235 g/mol. The van der Waals surface area contributed by atoms with Crippen LogP contribution in [0.5, 0.6) is 0 Å². The minimum absolute atomic E-state index is 0.181. The first-order valence-electron chi connectivity index (χ1n) is 4.57. The molecule has 8 nitrogen and oxygen atoms in total. The molecule has 0 aliphatic heterocycles. The highest BCUT2D eigenvalue weighted by Gasteiger charge is 2.03. The Morgan fingerprint density at radius 3 is 2.71 bits per heavy atom. The van der Waals surface area contributed by atoms with Crippen LogP contribution in [0.15, 0.2) is 34.4 Å². The molecule has 0 saturated carbocycles. The van der Waals surface area contributed by atoms with Crippen LogP contribution in [0.1, 0.15) is 5.56 Å². The highest BCUT2D eigenvalue weighted by Crippen LogP contribution is 2.08. The van der Waals surface area contributed by atoms with Gasteiger partial charge in [0.05, 0.1) is 17.2 Å². The van der Waals surface area contributed by atoms with Gasteiger partial charge in [-0.1, -0.05) is 0 Å². The molecule has 1 heterocycles. The molecular weight excluding hydrogens is 222 g/mol. The second kappa shape index (κ2) is 5.58. The number of hydrazine groups is 1. The summed E-state index contributed by atoms with van der Waals surface area (Å²) in [6.07, 6.45) is 1.35. The highest BCUT2D eigenvalue weighted by atomic mass is 16.1. The molecule has 0 spiro atoms. The molecule has 9 N–H and O–H groups in total. The van der Waals surface area contributed by atoms with Crippen LogP contribution in [0.3, 0.4) is 0 Å². The second-order valence-electron chi connectivity index (χ2n) is 2.98. The van der Waals surface area contributed by atoms with Gasteiger partial charge < -0.3 is 16.6 Å². The van der Waals surface area contributed by atoms with Crippen molar-refractivity contribution in [1.29, 1.82) is 0 Å². The third kappa shape index (κ3) is 2.56. The predicted octanol–water partition coefficient (Wildman–Crippen LogP) is -1.68. The Morgan fingerprint density at radius 1 is 1.35 bits per heavy atom. The largest absolute Gasteiger partial charge is 0.382 e. The molecule has 17 heavy (non-hydrogen) atoms. The van der Waals surface area contributed by atoms with E-state index in [1.807, 2.05) is 0 Å². The fourth-order valence-electron chi connectivity index (χ4n) is 1.30. The number of hydrazone groups is 1. The molecule has 0 saturated heterocycles. The number of H-pyrrole nitrogens is 1. The summed E-state index contributed by atoms with van der Waals surface area (Å²) in [7, 11) is 0. The summed E-state index contributed by atoms with van der Waals surface area (Å²) in [6, 6.07) is 5.01. The lowest BCUT2D eigenvalue weighted by Crippen LogP contribution is -2.16. The van der Waals surface area contributed by atoms with E-state index in [2.05, 4.69) is 26.8 Å². The number of rotatable bonds is 1. The van der Waals surface area contributed by atoms with Crippen molar-refractivity contribution in [2.75, 3.05) is 0 Å². The molecule has 0 radical (unpaired) electrons. The van der Waals surface area contributed by atoms with Crippen LogP contribution in [0.2, 0.25) is 0 Å². The maximum absolute atomic E-state index is 11.4. The Morgan fingerprint density at radius 2 is 2.06 bits per heavy atom. The fourth-order valence-corrected chi connectivity index (χ4v) is 1.30. The van der Waals surface area contributed by atoms with Gasteiger partial charge in [0.1, 0.15) is 5.84 Å². The van der Waals surface area contributed by atoms with Gasteiger partial charge in [-0.25, -0.2) is 4.98 Å². The van der Waals surface area contributed by atoms with Gasteiger partial charge in [0.15, 0.2) is 0 Å². The quantitative estimate of drug-likeness (QED) is 0.171. The number of nitrogens with zero attached hydrogens (tertiary/aromatic N) is 2. The van der Waals surface area contributed by atoms with Gasteiger partial charge in [0.2, 0.25) is 0 Å². The van der Waals surface area contributed by atoms with E-state index < -0.39 is 0 Å². The summed E-state index contributed by atoms with van der Waals surface area (Å²) in [5.41, 5.74) is 6.52. The van der Waals surface area contributed by atoms with Crippen molar-refractivity contribution < 1.29 is 0 Å². The first-order valence-corrected chi connectivity index (χ1v) is 4.57. The molecule has 90 valence electrons. The lowest BCUT2D eigenvalue weighted by atomic mass is 10.1. The van der Waals surface area contributed by atoms with Crippen LogP contribution in [-0.4, -0.2) is 15.8 Å². The first kappa shape index (κ1) is 12.6. The lowest BCUT2D eigenvalue weighted by Gasteiger charge is -2.00. The fraction of sp³-hybridized carbons (Fsp3) is 0. The Kier molecular flexibility index (Phi) is 4.14. The number of fused-ring (bicyclic) bond motifs is 1. The summed E-state index contributed by atoms with van der Waals surface area (Å²) in [5, 5.41) is 3.82. The Labute approximate surface area is 96.3 Å². The zero-order valence-electron chi connectivity index (χ0n) is 8.92. The van der Waals surface area contributed by atoms with Crippen molar-refractivity contribution in [3.63, 3.8) is 0 Å². The SMILES string of the molecule is N/N=C(\N)c1ccc2nc[nH]c(=O)c2c1.NN. The van der Waals surface area contributed by atoms with E-state index in [1.54, 1.807) is 18.2 Å². The van der Waals surface area contributed by atoms with Gasteiger partial charge in [-0.05, 0) is 18.2 Å². The number of nitrogens with two attached hydrogens (primary N) is 4. The summed E-state index contributed by atoms with van der Waals surface area (Å²) < 4.78 is 0. The van der Waals surface area contributed by atoms with Gasteiger partial charge in [0.25, 0.3) is 5.56 Å². The van der Waals surface area contributed by atoms with Crippen molar-refractivity contribution in [3.05, 3.63) is 40.4 Å². The van der Waals surface area contributed by atoms with Crippen molar-refractivity contribution in [2.24, 2.45) is 28.4 Å². The molecule has 0 aliphatic carbocycles. The third-order valence-electron chi connectivity index (χ3n) is 2.08. The van der Waals surface area contributed by atoms with Gasteiger partial charge in [-0.2, -0.15) is 5.10 Å². The van der Waals surface area contributed by atoms with Crippen molar-refractivity contribution in [2.45, 2.75) is 0 Å². The number of hydrogen-bond acceptors (Lipinski definition) is 6. The minimum Gasteiger partial charge on any atom is -0.382 e. The van der Waals surface area contributed by atoms with E-state index in [9.17, 15) is 4.79 Å². The highest BCUT2D eigenvalue weighted by molar-refractivity contribution is 6.00. The van der Waals surface area contributed by atoms with Gasteiger partial charge >= 0.3 is 0 Å². The monoisotopic (exact) mass is 235 g/mol. The molecule has 1 aromatic carbocycles. The molecule has 1 aromatic heterocycles. The van der Waals surface area contributed by atoms with E-state index in [0.717, 1.165) is 0 Å². The van der Waals surface area contributed by atoms with Gasteiger partial charge in [-0.3, -0.25) is 16.5 Å². The summed E-state index contributed by atoms with van der Waals surface area (Å²) >= 11 is 0. The molecule has 2 aromatic rings. The molecule has 8 heteroatoms. The maximum Gasteiger partial charge on any atom is 0.258 e. The van der Waals surface area contributed by atoms with Crippen molar-refractivity contribution >= 4 is 16.7 Å². The van der Waals surface area contributed by atoms with E-state index in [1.165, 1.54) is 6.33 Å². The minimum atomic E-state index is -0.216. The summed E-state index contributed by atoms with van der Waals surface area (Å²) in [5.74, 6) is 13.2. The Balaban J connectivity index is 0.000000686. The van der Waals surface area contributed by atoms with Crippen LogP contribution in [0, 0.1) is 0 Å². The smallest absolute Gasteiger partial charge is 0.258 e. The van der Waals surface area contributed by atoms with Gasteiger partial charge in [0, 0.05) is 5.56 Å². The van der Waals surface area contributed by atoms with Crippen LogP contribution >= 0.6 is 0 Å². The van der Waals surface area contributed by atoms with Crippen molar-refractivity contribution in [1.82, 2.24) is 9.97 Å². The third-order valence-corrected chi connectivity index (χ3v) is 2.08. The van der Waals surface area contributed by atoms with E-state index in [0.29, 0.717) is 16.5 Å². The van der Waals surface area contributed by atoms with Crippen molar-refractivity contribution in [3.8, 4) is 0 Å². The number of hydrogen-bond donors (Lipinski definition) is 5. The zero-order valence-corrected chi connectivity index (χ0v) is 8.92. The number of aromatic nitrogens is 2. The second-order valence-corrected chi connectivity index (χ2v) is 2.98. The molecule has 0 aliphatic rings. The molecule has 0 fully saturated rings. The van der Waals surface area contributed by atoms with Gasteiger partial charge in [-0.15, -0.1) is 0 Å². The standard InChI is InChI=1S/C9H9N5O.H4N2/c10-8(14-11)5-1-2-7-6(3-5)9(15)13-4-12-7;1-2/h1-4H,11H2,(H2,10,14)(H,12,13,15);1-2H2. The number of nitrogens with one attached hydrogen (secondary N) is 1. The predicted molar refractivity (Wildman–Crippen MR) is 65.7 cm³/mol. The van der Waals surface area contributed by atoms with Crippen LogP contribution in [0.25, 0.3) is 10.9 Å². The number of aromatic amines is 1. The first-order chi connectivity index (χ1) is 8.22. The average Bonchev–Trinajstić information content (AvgIpc) is 2.40. The molecule has 0 bridgehead atoms. The zero-order chi connectivity index (χ0) is 12.8. The van der Waals surface area contributed by atoms with E-state index >= 15 is 0 Å². The maximum atomic E-state index is 11.4. The molecular formula is C9H13N7O. The molecule has 0 atom stereocenters. The number of amidine groups is 1. The Hall–Kier alpha value is -2.45. The van der Waals surface area contributed by atoms with E-state index in [-0.39, 0.29) is 11.4 Å². The Bertz CT molecular complexity index is 589. The topological polar surface area (TPSA) is 162 Å². The molecule has 0 amide bonds. The lowest BCUT2D eigenvalue weighted by molar-refractivity contribution is 1.17. The van der Waals surface area contributed by atoms with Crippen LogP contribution in [-0.2, 0) is 0 Å². The summed E-state index contributed by atoms with van der Waals surface area (Å²) in [6.45, 7) is 0. The van der Waals surface area contributed by atoms with Crippen LogP contribution in [0.4, 0.5) is 0 Å².